The third-order valence-electron chi connectivity index (χ3n) is 4.65. The lowest BCUT2D eigenvalue weighted by Crippen LogP contribution is -2.51. The summed E-state index contributed by atoms with van der Waals surface area (Å²) in [5, 5.41) is 3.38. The van der Waals surface area contributed by atoms with Crippen molar-refractivity contribution in [3.63, 3.8) is 0 Å². The van der Waals surface area contributed by atoms with E-state index in [1.807, 2.05) is 0 Å². The molecule has 0 heterocycles. The molecule has 2 aromatic carbocycles. The van der Waals surface area contributed by atoms with Crippen molar-refractivity contribution < 1.29 is 18.0 Å². The van der Waals surface area contributed by atoms with Crippen LogP contribution in [0.5, 0.6) is 0 Å². The van der Waals surface area contributed by atoms with Gasteiger partial charge >= 0.3 is 0 Å². The number of amides is 2. The molecule has 2 aromatic rings. The largest absolute Gasteiger partial charge is 0.355 e. The van der Waals surface area contributed by atoms with E-state index in [0.717, 1.165) is 14.1 Å². The number of likely N-dealkylation sites (N-methyl/N-ethyl adjacent to an activating group) is 1. The summed E-state index contributed by atoms with van der Waals surface area (Å²) in [7, 11) is -3.76. The van der Waals surface area contributed by atoms with Gasteiger partial charge in [0.15, 0.2) is 0 Å². The van der Waals surface area contributed by atoms with Crippen LogP contribution >= 0.6 is 45.8 Å². The van der Waals surface area contributed by atoms with E-state index in [4.69, 9.17) is 23.2 Å². The molecule has 0 radical (unpaired) electrons. The summed E-state index contributed by atoms with van der Waals surface area (Å²) in [6.07, 6.45) is 1.04. The van der Waals surface area contributed by atoms with Crippen LogP contribution < -0.4 is 9.62 Å². The van der Waals surface area contributed by atoms with Gasteiger partial charge in [0, 0.05) is 16.7 Å². The van der Waals surface area contributed by atoms with Crippen LogP contribution in [-0.4, -0.2) is 50.5 Å². The predicted molar refractivity (Wildman–Crippen MR) is 137 cm³/mol. The van der Waals surface area contributed by atoms with Gasteiger partial charge in [0.1, 0.15) is 12.6 Å². The quantitative estimate of drug-likeness (QED) is 0.436. The fraction of sp³-hybridized carbons (Fsp3) is 0.333. The normalized spacial score (nSPS) is 12.2. The van der Waals surface area contributed by atoms with Gasteiger partial charge in [-0.15, -0.1) is 0 Å². The minimum absolute atomic E-state index is 0.0539. The molecular formula is C21H24Cl2IN3O4S. The van der Waals surface area contributed by atoms with Crippen molar-refractivity contribution in [2.24, 2.45) is 0 Å². The summed E-state index contributed by atoms with van der Waals surface area (Å²) in [4.78, 5) is 27.2. The number of anilines is 1. The van der Waals surface area contributed by atoms with Crippen molar-refractivity contribution in [3.05, 3.63) is 61.6 Å². The molecule has 0 fully saturated rings. The van der Waals surface area contributed by atoms with Crippen LogP contribution in [-0.2, 0) is 26.2 Å². The van der Waals surface area contributed by atoms with E-state index in [2.05, 4.69) is 27.9 Å². The lowest BCUT2D eigenvalue weighted by Gasteiger charge is -2.31. The highest BCUT2D eigenvalue weighted by Gasteiger charge is 2.30. The molecule has 0 aliphatic rings. The molecule has 0 unspecified atom stereocenters. The van der Waals surface area contributed by atoms with Gasteiger partial charge in [-0.3, -0.25) is 13.9 Å². The monoisotopic (exact) mass is 611 g/mol. The van der Waals surface area contributed by atoms with Crippen molar-refractivity contribution in [2.45, 2.75) is 26.4 Å². The number of hydrogen-bond donors (Lipinski definition) is 1. The second-order valence-electron chi connectivity index (χ2n) is 7.09. The molecule has 0 bridgehead atoms. The number of rotatable bonds is 9. The Morgan fingerprint density at radius 2 is 1.72 bits per heavy atom. The highest BCUT2D eigenvalue weighted by Crippen LogP contribution is 2.24. The van der Waals surface area contributed by atoms with E-state index >= 15 is 0 Å². The first-order valence-corrected chi connectivity index (χ1v) is 13.4. The van der Waals surface area contributed by atoms with E-state index in [1.54, 1.807) is 56.3 Å². The molecule has 1 atom stereocenters. The lowest BCUT2D eigenvalue weighted by molar-refractivity contribution is -0.139. The summed E-state index contributed by atoms with van der Waals surface area (Å²) in [6, 6.07) is 10.9. The van der Waals surface area contributed by atoms with Crippen molar-refractivity contribution in [2.75, 3.05) is 23.7 Å². The van der Waals surface area contributed by atoms with Crippen LogP contribution in [0.15, 0.2) is 42.5 Å². The molecule has 0 saturated heterocycles. The van der Waals surface area contributed by atoms with Gasteiger partial charge in [-0.2, -0.15) is 0 Å². The highest BCUT2D eigenvalue weighted by molar-refractivity contribution is 14.1. The SMILES string of the molecule is CCNC(=O)[C@@H](C)N(Cc1ccc(Cl)c(Cl)c1)C(=O)CN(c1ccc(I)cc1)S(C)(=O)=O. The van der Waals surface area contributed by atoms with Crippen molar-refractivity contribution >= 4 is 73.3 Å². The van der Waals surface area contributed by atoms with E-state index < -0.39 is 28.5 Å². The molecule has 2 rings (SSSR count). The second-order valence-corrected chi connectivity index (χ2v) is 11.1. The van der Waals surface area contributed by atoms with E-state index in [9.17, 15) is 18.0 Å². The number of benzene rings is 2. The zero-order chi connectivity index (χ0) is 24.1. The van der Waals surface area contributed by atoms with Crippen molar-refractivity contribution in [3.8, 4) is 0 Å². The van der Waals surface area contributed by atoms with Crippen LogP contribution in [0.25, 0.3) is 0 Å². The second kappa shape index (κ2) is 11.5. The van der Waals surface area contributed by atoms with Crippen LogP contribution in [0.2, 0.25) is 10.0 Å². The summed E-state index contributed by atoms with van der Waals surface area (Å²) >= 11 is 14.2. The van der Waals surface area contributed by atoms with Crippen LogP contribution in [0.4, 0.5) is 5.69 Å². The van der Waals surface area contributed by atoms with Gasteiger partial charge in [-0.25, -0.2) is 8.42 Å². The van der Waals surface area contributed by atoms with Gasteiger partial charge in [-0.1, -0.05) is 29.3 Å². The van der Waals surface area contributed by atoms with Gasteiger partial charge in [0.2, 0.25) is 21.8 Å². The topological polar surface area (TPSA) is 86.8 Å². The average molecular weight is 612 g/mol. The Labute approximate surface area is 212 Å². The fourth-order valence-electron chi connectivity index (χ4n) is 2.96. The molecule has 2 amide bonds. The molecule has 7 nitrogen and oxygen atoms in total. The highest BCUT2D eigenvalue weighted by atomic mass is 127. The predicted octanol–water partition coefficient (Wildman–Crippen LogP) is 3.92. The molecule has 0 aromatic heterocycles. The standard InChI is InChI=1S/C21H24Cl2IN3O4S/c1-4-25-21(29)14(2)26(12-15-5-10-18(22)19(23)11-15)20(28)13-27(32(3,30)31)17-8-6-16(24)7-9-17/h5-11,14H,4,12-13H2,1-3H3,(H,25,29)/t14-/m1/s1. The first-order chi connectivity index (χ1) is 14.9. The van der Waals surface area contributed by atoms with Crippen molar-refractivity contribution in [1.29, 1.82) is 0 Å². The number of sulfonamides is 1. The Bertz CT molecular complexity index is 1080. The van der Waals surface area contributed by atoms with Crippen LogP contribution in [0.1, 0.15) is 19.4 Å². The molecule has 32 heavy (non-hydrogen) atoms. The van der Waals surface area contributed by atoms with Gasteiger partial charge in [0.05, 0.1) is 22.0 Å². The summed E-state index contributed by atoms with van der Waals surface area (Å²) in [5.74, 6) is -0.875. The lowest BCUT2D eigenvalue weighted by atomic mass is 10.1. The first kappa shape index (κ1) is 26.7. The number of hydrogen-bond acceptors (Lipinski definition) is 4. The fourth-order valence-corrected chi connectivity index (χ4v) is 4.49. The van der Waals surface area contributed by atoms with Crippen molar-refractivity contribution in [1.82, 2.24) is 10.2 Å². The molecule has 1 N–H and O–H groups in total. The number of carbonyl (C=O) groups is 2. The zero-order valence-electron chi connectivity index (χ0n) is 17.8. The maximum Gasteiger partial charge on any atom is 0.244 e. The van der Waals surface area contributed by atoms with Crippen LogP contribution in [0.3, 0.4) is 0 Å². The van der Waals surface area contributed by atoms with Crippen LogP contribution in [0, 0.1) is 3.57 Å². The Hall–Kier alpha value is -1.56. The average Bonchev–Trinajstić information content (AvgIpc) is 2.72. The van der Waals surface area contributed by atoms with Gasteiger partial charge in [-0.05, 0) is 78.4 Å². The number of carbonyl (C=O) groups excluding carboxylic acids is 2. The Kier molecular flexibility index (Phi) is 9.62. The first-order valence-electron chi connectivity index (χ1n) is 9.68. The maximum atomic E-state index is 13.3. The molecule has 11 heteroatoms. The smallest absolute Gasteiger partial charge is 0.244 e. The summed E-state index contributed by atoms with van der Waals surface area (Å²) in [6.45, 7) is 3.37. The van der Waals surface area contributed by atoms with Gasteiger partial charge in [0.25, 0.3) is 0 Å². The molecule has 174 valence electrons. The molecule has 0 aliphatic carbocycles. The molecule has 0 spiro atoms. The Morgan fingerprint density at radius 3 is 2.25 bits per heavy atom. The molecule has 0 aliphatic heterocycles. The summed E-state index contributed by atoms with van der Waals surface area (Å²) < 4.78 is 26.9. The summed E-state index contributed by atoms with van der Waals surface area (Å²) in [5.41, 5.74) is 1.02. The minimum Gasteiger partial charge on any atom is -0.355 e. The number of nitrogens with one attached hydrogen (secondary N) is 1. The number of nitrogens with zero attached hydrogens (tertiary/aromatic N) is 2. The van der Waals surface area contributed by atoms with E-state index in [-0.39, 0.29) is 12.5 Å². The molecular weight excluding hydrogens is 588 g/mol. The number of halogens is 3. The molecule has 0 saturated carbocycles. The zero-order valence-corrected chi connectivity index (χ0v) is 22.3. The maximum absolute atomic E-state index is 13.3. The third-order valence-corrected chi connectivity index (χ3v) is 7.25. The van der Waals surface area contributed by atoms with E-state index in [1.165, 1.54) is 4.90 Å². The van der Waals surface area contributed by atoms with E-state index in [0.29, 0.717) is 27.8 Å². The third kappa shape index (κ3) is 7.23. The Balaban J connectivity index is 2.39. The van der Waals surface area contributed by atoms with Gasteiger partial charge < -0.3 is 10.2 Å². The minimum atomic E-state index is -3.76. The Morgan fingerprint density at radius 1 is 1.09 bits per heavy atom.